The molecule has 15 heavy (non-hydrogen) atoms. The Morgan fingerprint density at radius 2 is 1.67 bits per heavy atom. The van der Waals surface area contributed by atoms with Crippen LogP contribution < -0.4 is 0 Å². The molecule has 0 bridgehead atoms. The van der Waals surface area contributed by atoms with Gasteiger partial charge in [-0.15, -0.1) is 0 Å². The number of carbonyl (C=O) groups excluding carboxylic acids is 2. The minimum Gasteiger partial charge on any atom is -0.300 e. The van der Waals surface area contributed by atoms with Gasteiger partial charge < -0.3 is 4.79 Å². The van der Waals surface area contributed by atoms with Gasteiger partial charge in [0.05, 0.1) is 0 Å². The van der Waals surface area contributed by atoms with Crippen molar-refractivity contribution in [2.45, 2.75) is 32.6 Å². The first-order valence-electron chi connectivity index (χ1n) is 5.23. The zero-order chi connectivity index (χ0) is 11.1. The van der Waals surface area contributed by atoms with E-state index in [2.05, 4.69) is 0 Å². The molecular weight excluding hydrogens is 188 g/mol. The summed E-state index contributed by atoms with van der Waals surface area (Å²) in [4.78, 5) is 22.0. The SMILES string of the molecule is CC(=O)CCC(=O)CCc1ccccc1. The van der Waals surface area contributed by atoms with Crippen LogP contribution >= 0.6 is 0 Å². The van der Waals surface area contributed by atoms with Crippen molar-refractivity contribution in [1.29, 1.82) is 0 Å². The number of ketones is 2. The van der Waals surface area contributed by atoms with E-state index in [0.29, 0.717) is 19.3 Å². The Labute approximate surface area is 90.3 Å². The van der Waals surface area contributed by atoms with Gasteiger partial charge in [-0.3, -0.25) is 4.79 Å². The molecule has 0 amide bonds. The molecule has 0 saturated heterocycles. The van der Waals surface area contributed by atoms with Crippen molar-refractivity contribution in [3.8, 4) is 0 Å². The summed E-state index contributed by atoms with van der Waals surface area (Å²) in [6.07, 6.45) is 2.09. The number of rotatable bonds is 6. The van der Waals surface area contributed by atoms with E-state index in [1.807, 2.05) is 30.3 Å². The van der Waals surface area contributed by atoms with Crippen LogP contribution in [0.2, 0.25) is 0 Å². The predicted octanol–water partition coefficient (Wildman–Crippen LogP) is 2.56. The highest BCUT2D eigenvalue weighted by Gasteiger charge is 2.04. The fraction of sp³-hybridized carbons (Fsp3) is 0.385. The molecule has 80 valence electrons. The lowest BCUT2D eigenvalue weighted by Crippen LogP contribution is -2.02. The number of hydrogen-bond donors (Lipinski definition) is 0. The molecule has 0 spiro atoms. The van der Waals surface area contributed by atoms with Crippen molar-refractivity contribution in [3.05, 3.63) is 35.9 Å². The van der Waals surface area contributed by atoms with E-state index in [4.69, 9.17) is 0 Å². The number of carbonyl (C=O) groups is 2. The molecule has 0 aromatic heterocycles. The standard InChI is InChI=1S/C13H16O2/c1-11(14)7-9-13(15)10-8-12-5-3-2-4-6-12/h2-6H,7-10H2,1H3. The Morgan fingerprint density at radius 1 is 1.00 bits per heavy atom. The van der Waals surface area contributed by atoms with Gasteiger partial charge in [0.1, 0.15) is 11.6 Å². The number of benzene rings is 1. The highest BCUT2D eigenvalue weighted by atomic mass is 16.1. The van der Waals surface area contributed by atoms with Crippen molar-refractivity contribution in [2.75, 3.05) is 0 Å². The molecule has 0 N–H and O–H groups in total. The van der Waals surface area contributed by atoms with Crippen molar-refractivity contribution >= 4 is 11.6 Å². The monoisotopic (exact) mass is 204 g/mol. The molecule has 1 aromatic carbocycles. The lowest BCUT2D eigenvalue weighted by atomic mass is 10.0. The molecule has 0 aliphatic carbocycles. The van der Waals surface area contributed by atoms with E-state index >= 15 is 0 Å². The van der Waals surface area contributed by atoms with Gasteiger partial charge in [-0.1, -0.05) is 30.3 Å². The zero-order valence-corrected chi connectivity index (χ0v) is 9.03. The predicted molar refractivity (Wildman–Crippen MR) is 59.7 cm³/mol. The van der Waals surface area contributed by atoms with Crippen LogP contribution in [0, 0.1) is 0 Å². The van der Waals surface area contributed by atoms with Crippen LogP contribution in [-0.2, 0) is 16.0 Å². The first-order valence-corrected chi connectivity index (χ1v) is 5.23. The average molecular weight is 204 g/mol. The van der Waals surface area contributed by atoms with Crippen LogP contribution in [0.5, 0.6) is 0 Å². The highest BCUT2D eigenvalue weighted by Crippen LogP contribution is 2.05. The van der Waals surface area contributed by atoms with Crippen LogP contribution in [0.3, 0.4) is 0 Å². The summed E-state index contributed by atoms with van der Waals surface area (Å²) in [5.74, 6) is 0.261. The molecule has 0 atom stereocenters. The van der Waals surface area contributed by atoms with E-state index in [9.17, 15) is 9.59 Å². The largest absolute Gasteiger partial charge is 0.300 e. The Balaban J connectivity index is 2.26. The second-order valence-corrected chi connectivity index (χ2v) is 3.73. The van der Waals surface area contributed by atoms with Gasteiger partial charge in [-0.25, -0.2) is 0 Å². The van der Waals surface area contributed by atoms with E-state index in [1.54, 1.807) is 0 Å². The van der Waals surface area contributed by atoms with Gasteiger partial charge in [0.2, 0.25) is 0 Å². The summed E-state index contributed by atoms with van der Waals surface area (Å²) in [5, 5.41) is 0. The number of aryl methyl sites for hydroxylation is 1. The molecule has 1 aromatic rings. The first-order chi connectivity index (χ1) is 7.18. The van der Waals surface area contributed by atoms with Crippen molar-refractivity contribution < 1.29 is 9.59 Å². The minimum absolute atomic E-state index is 0.0862. The van der Waals surface area contributed by atoms with Crippen LogP contribution in [0.25, 0.3) is 0 Å². The summed E-state index contributed by atoms with van der Waals surface area (Å²) in [6, 6.07) is 9.92. The van der Waals surface area contributed by atoms with Crippen LogP contribution in [0.4, 0.5) is 0 Å². The van der Waals surface area contributed by atoms with E-state index in [0.717, 1.165) is 6.42 Å². The summed E-state index contributed by atoms with van der Waals surface area (Å²) in [5.41, 5.74) is 1.17. The summed E-state index contributed by atoms with van der Waals surface area (Å²) < 4.78 is 0. The van der Waals surface area contributed by atoms with Gasteiger partial charge in [0.25, 0.3) is 0 Å². The Kier molecular flexibility index (Phi) is 4.75. The fourth-order valence-corrected chi connectivity index (χ4v) is 1.37. The van der Waals surface area contributed by atoms with E-state index < -0.39 is 0 Å². The van der Waals surface area contributed by atoms with Crippen molar-refractivity contribution in [3.63, 3.8) is 0 Å². The average Bonchev–Trinajstić information content (AvgIpc) is 2.25. The van der Waals surface area contributed by atoms with Gasteiger partial charge in [-0.05, 0) is 18.9 Å². The third-order valence-corrected chi connectivity index (χ3v) is 2.29. The molecule has 0 aliphatic heterocycles. The van der Waals surface area contributed by atoms with Gasteiger partial charge in [0, 0.05) is 19.3 Å². The first kappa shape index (κ1) is 11.6. The third-order valence-electron chi connectivity index (χ3n) is 2.29. The van der Waals surface area contributed by atoms with Crippen molar-refractivity contribution in [2.24, 2.45) is 0 Å². The molecule has 1 rings (SSSR count). The fourth-order valence-electron chi connectivity index (χ4n) is 1.37. The molecule has 0 fully saturated rings. The molecule has 0 saturated carbocycles. The van der Waals surface area contributed by atoms with Crippen molar-refractivity contribution in [1.82, 2.24) is 0 Å². The number of hydrogen-bond acceptors (Lipinski definition) is 2. The summed E-state index contributed by atoms with van der Waals surface area (Å²) in [7, 11) is 0. The van der Waals surface area contributed by atoms with Gasteiger partial charge in [-0.2, -0.15) is 0 Å². The minimum atomic E-state index is 0.0862. The highest BCUT2D eigenvalue weighted by molar-refractivity contribution is 5.84. The number of Topliss-reactive ketones (excluding diaryl/α,β-unsaturated/α-hetero) is 2. The third kappa shape index (κ3) is 5.11. The lowest BCUT2D eigenvalue weighted by Gasteiger charge is -2.00. The smallest absolute Gasteiger partial charge is 0.133 e. The van der Waals surface area contributed by atoms with Crippen LogP contribution in [0.15, 0.2) is 30.3 Å². The van der Waals surface area contributed by atoms with E-state index in [1.165, 1.54) is 12.5 Å². The Hall–Kier alpha value is -1.44. The molecule has 2 nitrogen and oxygen atoms in total. The maximum absolute atomic E-state index is 11.4. The quantitative estimate of drug-likeness (QED) is 0.713. The Bertz CT molecular complexity index is 328. The second-order valence-electron chi connectivity index (χ2n) is 3.73. The lowest BCUT2D eigenvalue weighted by molar-refractivity contribution is -0.123. The van der Waals surface area contributed by atoms with Gasteiger partial charge >= 0.3 is 0 Å². The maximum atomic E-state index is 11.4. The second kappa shape index (κ2) is 6.12. The molecule has 0 heterocycles. The molecule has 0 radical (unpaired) electrons. The van der Waals surface area contributed by atoms with Gasteiger partial charge in [0.15, 0.2) is 0 Å². The molecule has 0 aliphatic rings. The normalized spacial score (nSPS) is 9.93. The summed E-state index contributed by atoms with van der Waals surface area (Å²) >= 11 is 0. The summed E-state index contributed by atoms with van der Waals surface area (Å²) in [6.45, 7) is 1.52. The van der Waals surface area contributed by atoms with E-state index in [-0.39, 0.29) is 11.6 Å². The Morgan fingerprint density at radius 3 is 2.27 bits per heavy atom. The molecule has 0 unspecified atom stereocenters. The molecule has 2 heteroatoms. The molecular formula is C13H16O2. The zero-order valence-electron chi connectivity index (χ0n) is 9.03. The van der Waals surface area contributed by atoms with Crippen LogP contribution in [0.1, 0.15) is 31.7 Å². The maximum Gasteiger partial charge on any atom is 0.133 e. The topological polar surface area (TPSA) is 34.1 Å². The van der Waals surface area contributed by atoms with Crippen LogP contribution in [-0.4, -0.2) is 11.6 Å².